The number of nitrogens with one attached hydrogen (secondary N) is 1. The van der Waals surface area contributed by atoms with Gasteiger partial charge in [0.15, 0.2) is 0 Å². The number of hydrogen-bond acceptors (Lipinski definition) is 4. The van der Waals surface area contributed by atoms with Gasteiger partial charge in [-0.15, -0.1) is 0 Å². The molecule has 21 heavy (non-hydrogen) atoms. The summed E-state index contributed by atoms with van der Waals surface area (Å²) in [5.41, 5.74) is 7.22. The van der Waals surface area contributed by atoms with E-state index in [1.807, 2.05) is 42.5 Å². The fraction of sp³-hybridized carbons (Fsp3) is 0.250. The smallest absolute Gasteiger partial charge is 0.221 e. The van der Waals surface area contributed by atoms with Crippen molar-refractivity contribution in [3.8, 4) is 5.75 Å². The monoisotopic (exact) mass is 285 g/mol. The van der Waals surface area contributed by atoms with Crippen LogP contribution >= 0.6 is 0 Å². The molecule has 1 aromatic carbocycles. The molecule has 0 aliphatic carbocycles. The zero-order chi connectivity index (χ0) is 14.9. The van der Waals surface area contributed by atoms with E-state index in [4.69, 9.17) is 10.5 Å². The second kappa shape index (κ2) is 8.01. The number of nitrogens with two attached hydrogens (primary N) is 1. The minimum absolute atomic E-state index is 0.0343. The highest BCUT2D eigenvalue weighted by Gasteiger charge is 2.01. The Balaban J connectivity index is 1.80. The molecule has 3 N–H and O–H groups in total. The molecule has 1 aromatic heterocycles. The van der Waals surface area contributed by atoms with Crippen molar-refractivity contribution in [2.45, 2.75) is 19.6 Å². The van der Waals surface area contributed by atoms with Gasteiger partial charge in [-0.25, -0.2) is 0 Å². The molecule has 0 bridgehead atoms. The van der Waals surface area contributed by atoms with Gasteiger partial charge >= 0.3 is 0 Å². The number of hydrogen-bond donors (Lipinski definition) is 2. The molecule has 2 rings (SSSR count). The van der Waals surface area contributed by atoms with E-state index in [2.05, 4.69) is 10.3 Å². The van der Waals surface area contributed by atoms with E-state index in [-0.39, 0.29) is 5.91 Å². The van der Waals surface area contributed by atoms with Crippen molar-refractivity contribution in [3.63, 3.8) is 0 Å². The predicted octanol–water partition coefficient (Wildman–Crippen LogP) is 1.63. The summed E-state index contributed by atoms with van der Waals surface area (Å²) in [6.45, 7) is 1.30. The number of carbonyl (C=O) groups excluding carboxylic acids is 1. The van der Waals surface area contributed by atoms with Crippen LogP contribution in [0.5, 0.6) is 5.75 Å². The van der Waals surface area contributed by atoms with Gasteiger partial charge in [-0.2, -0.15) is 0 Å². The van der Waals surface area contributed by atoms with E-state index >= 15 is 0 Å². The van der Waals surface area contributed by atoms with Gasteiger partial charge in [0.25, 0.3) is 0 Å². The number of ether oxygens (including phenoxy) is 1. The van der Waals surface area contributed by atoms with Crippen molar-refractivity contribution in [3.05, 3.63) is 59.9 Å². The highest BCUT2D eigenvalue weighted by Crippen LogP contribution is 2.13. The molecular formula is C16H19N3O2. The number of amides is 1. The first-order chi connectivity index (χ1) is 10.3. The molecule has 0 saturated heterocycles. The van der Waals surface area contributed by atoms with Gasteiger partial charge in [0, 0.05) is 25.7 Å². The minimum atomic E-state index is -0.0343. The maximum atomic E-state index is 11.3. The Kier molecular flexibility index (Phi) is 5.72. The fourth-order valence-corrected chi connectivity index (χ4v) is 1.76. The predicted molar refractivity (Wildman–Crippen MR) is 80.5 cm³/mol. The highest BCUT2D eigenvalue weighted by atomic mass is 16.5. The summed E-state index contributed by atoms with van der Waals surface area (Å²) in [7, 11) is 0. The van der Waals surface area contributed by atoms with Crippen LogP contribution in [0.4, 0.5) is 0 Å². The zero-order valence-corrected chi connectivity index (χ0v) is 11.8. The average Bonchev–Trinajstić information content (AvgIpc) is 2.53. The van der Waals surface area contributed by atoms with Gasteiger partial charge < -0.3 is 15.8 Å². The molecule has 1 amide bonds. The van der Waals surface area contributed by atoms with Crippen LogP contribution in [0.3, 0.4) is 0 Å². The Morgan fingerprint density at radius 3 is 2.67 bits per heavy atom. The van der Waals surface area contributed by atoms with E-state index in [1.54, 1.807) is 6.20 Å². The number of aromatic nitrogens is 1. The summed E-state index contributed by atoms with van der Waals surface area (Å²) < 4.78 is 5.64. The first-order valence-electron chi connectivity index (χ1n) is 6.86. The van der Waals surface area contributed by atoms with Crippen molar-refractivity contribution in [1.82, 2.24) is 10.3 Å². The molecule has 0 aliphatic rings. The van der Waals surface area contributed by atoms with Crippen molar-refractivity contribution in [2.75, 3.05) is 6.54 Å². The average molecular weight is 285 g/mol. The normalized spacial score (nSPS) is 10.1. The molecule has 0 spiro atoms. The van der Waals surface area contributed by atoms with Crippen molar-refractivity contribution in [2.24, 2.45) is 5.73 Å². The molecular weight excluding hydrogens is 266 g/mol. The Labute approximate surface area is 124 Å². The molecule has 110 valence electrons. The molecule has 0 saturated carbocycles. The van der Waals surface area contributed by atoms with Crippen LogP contribution in [-0.4, -0.2) is 17.4 Å². The molecule has 5 nitrogen and oxygen atoms in total. The molecule has 2 aromatic rings. The minimum Gasteiger partial charge on any atom is -0.487 e. The SMILES string of the molecule is NCCC(=O)NCc1ccc(OCc2ccccn2)cc1. The van der Waals surface area contributed by atoms with Crippen molar-refractivity contribution < 1.29 is 9.53 Å². The lowest BCUT2D eigenvalue weighted by Gasteiger charge is -2.08. The second-order valence-electron chi connectivity index (χ2n) is 4.57. The van der Waals surface area contributed by atoms with E-state index < -0.39 is 0 Å². The Morgan fingerprint density at radius 1 is 1.19 bits per heavy atom. The van der Waals surface area contributed by atoms with Crippen LogP contribution in [0, 0.1) is 0 Å². The van der Waals surface area contributed by atoms with Crippen molar-refractivity contribution in [1.29, 1.82) is 0 Å². The summed E-state index contributed by atoms with van der Waals surface area (Å²) in [4.78, 5) is 15.5. The summed E-state index contributed by atoms with van der Waals surface area (Å²) in [5.74, 6) is 0.741. The maximum absolute atomic E-state index is 11.3. The van der Waals surface area contributed by atoms with Crippen LogP contribution in [0.1, 0.15) is 17.7 Å². The van der Waals surface area contributed by atoms with Gasteiger partial charge in [-0.1, -0.05) is 18.2 Å². The lowest BCUT2D eigenvalue weighted by atomic mass is 10.2. The van der Waals surface area contributed by atoms with Crippen LogP contribution in [-0.2, 0) is 17.9 Å². The maximum Gasteiger partial charge on any atom is 0.221 e. The fourth-order valence-electron chi connectivity index (χ4n) is 1.76. The van der Waals surface area contributed by atoms with E-state index in [1.165, 1.54) is 0 Å². The standard InChI is InChI=1S/C16H19N3O2/c17-9-8-16(20)19-11-13-4-6-15(7-5-13)21-12-14-3-1-2-10-18-14/h1-7,10H,8-9,11-12,17H2,(H,19,20). The number of nitrogens with zero attached hydrogens (tertiary/aromatic N) is 1. The third-order valence-electron chi connectivity index (χ3n) is 2.90. The highest BCUT2D eigenvalue weighted by molar-refractivity contribution is 5.76. The molecule has 0 aliphatic heterocycles. The summed E-state index contributed by atoms with van der Waals surface area (Å²) in [5, 5.41) is 2.81. The first kappa shape index (κ1) is 15.0. The lowest BCUT2D eigenvalue weighted by molar-refractivity contribution is -0.121. The van der Waals surface area contributed by atoms with Gasteiger partial charge in [0.2, 0.25) is 5.91 Å². The van der Waals surface area contributed by atoms with Crippen LogP contribution in [0.25, 0.3) is 0 Å². The van der Waals surface area contributed by atoms with Crippen LogP contribution in [0.15, 0.2) is 48.7 Å². The molecule has 0 radical (unpaired) electrons. The topological polar surface area (TPSA) is 77.2 Å². The van der Waals surface area contributed by atoms with Crippen LogP contribution < -0.4 is 15.8 Å². The van der Waals surface area contributed by atoms with Gasteiger partial charge in [-0.3, -0.25) is 9.78 Å². The Bertz CT molecular complexity index is 555. The number of benzene rings is 1. The zero-order valence-electron chi connectivity index (χ0n) is 11.8. The molecule has 1 heterocycles. The molecule has 5 heteroatoms. The number of carbonyl (C=O) groups is 1. The van der Waals surface area contributed by atoms with E-state index in [9.17, 15) is 4.79 Å². The van der Waals surface area contributed by atoms with E-state index in [0.717, 1.165) is 17.0 Å². The first-order valence-corrected chi connectivity index (χ1v) is 6.86. The van der Waals surface area contributed by atoms with Gasteiger partial charge in [0.1, 0.15) is 12.4 Å². The largest absolute Gasteiger partial charge is 0.487 e. The van der Waals surface area contributed by atoms with Crippen LogP contribution in [0.2, 0.25) is 0 Å². The molecule has 0 unspecified atom stereocenters. The van der Waals surface area contributed by atoms with E-state index in [0.29, 0.717) is 26.1 Å². The molecule has 0 atom stereocenters. The van der Waals surface area contributed by atoms with Gasteiger partial charge in [-0.05, 0) is 29.8 Å². The summed E-state index contributed by atoms with van der Waals surface area (Å²) >= 11 is 0. The number of rotatable bonds is 7. The second-order valence-corrected chi connectivity index (χ2v) is 4.57. The third kappa shape index (κ3) is 5.24. The third-order valence-corrected chi connectivity index (χ3v) is 2.90. The Hall–Kier alpha value is -2.40. The van der Waals surface area contributed by atoms with Gasteiger partial charge in [0.05, 0.1) is 5.69 Å². The molecule has 0 fully saturated rings. The Morgan fingerprint density at radius 2 is 2.00 bits per heavy atom. The summed E-state index contributed by atoms with van der Waals surface area (Å²) in [6.07, 6.45) is 2.09. The number of pyridine rings is 1. The van der Waals surface area contributed by atoms with Crippen molar-refractivity contribution >= 4 is 5.91 Å². The summed E-state index contributed by atoms with van der Waals surface area (Å²) in [6, 6.07) is 13.3. The quantitative estimate of drug-likeness (QED) is 0.810. The lowest BCUT2D eigenvalue weighted by Crippen LogP contribution is -2.24.